The first-order valence-corrected chi connectivity index (χ1v) is 10.3. The molecule has 158 valence electrons. The van der Waals surface area contributed by atoms with E-state index in [1.54, 1.807) is 7.11 Å². The molecule has 1 N–H and O–H groups in total. The fraction of sp³-hybridized carbons (Fsp3) is 0.619. The summed E-state index contributed by atoms with van der Waals surface area (Å²) in [5.41, 5.74) is 2.57. The number of nitrogens with one attached hydrogen (secondary N) is 1. The quantitative estimate of drug-likeness (QED) is 0.767. The van der Waals surface area contributed by atoms with Crippen molar-refractivity contribution in [3.8, 4) is 0 Å². The average molecular weight is 402 g/mol. The fourth-order valence-electron chi connectivity index (χ4n) is 4.47. The lowest BCUT2D eigenvalue weighted by Gasteiger charge is -2.51. The molecule has 0 aliphatic carbocycles. The smallest absolute Gasteiger partial charge is 0.254 e. The second kappa shape index (κ2) is 8.30. The lowest BCUT2D eigenvalue weighted by atomic mass is 9.85. The number of imidazole rings is 1. The Balaban J connectivity index is 1.53. The predicted octanol–water partition coefficient (Wildman–Crippen LogP) is 1.57. The van der Waals surface area contributed by atoms with Crippen molar-refractivity contribution >= 4 is 22.9 Å². The van der Waals surface area contributed by atoms with Crippen molar-refractivity contribution in [2.45, 2.75) is 18.4 Å². The van der Waals surface area contributed by atoms with E-state index in [9.17, 15) is 4.79 Å². The van der Waals surface area contributed by atoms with Crippen molar-refractivity contribution in [1.82, 2.24) is 19.4 Å². The minimum absolute atomic E-state index is 0.0414. The molecule has 2 aliphatic rings. The van der Waals surface area contributed by atoms with Gasteiger partial charge in [-0.05, 0) is 38.1 Å². The van der Waals surface area contributed by atoms with E-state index in [0.29, 0.717) is 18.7 Å². The highest BCUT2D eigenvalue weighted by atomic mass is 16.5. The molecule has 3 heterocycles. The predicted molar refractivity (Wildman–Crippen MR) is 112 cm³/mol. The zero-order valence-electron chi connectivity index (χ0n) is 17.6. The van der Waals surface area contributed by atoms with Gasteiger partial charge in [-0.15, -0.1) is 0 Å². The monoisotopic (exact) mass is 401 g/mol. The van der Waals surface area contributed by atoms with Gasteiger partial charge in [0.15, 0.2) is 0 Å². The van der Waals surface area contributed by atoms with Gasteiger partial charge in [0.25, 0.3) is 5.91 Å². The van der Waals surface area contributed by atoms with E-state index in [0.717, 1.165) is 62.7 Å². The molecule has 29 heavy (non-hydrogen) atoms. The topological polar surface area (TPSA) is 71.9 Å². The van der Waals surface area contributed by atoms with Crippen molar-refractivity contribution in [2.75, 3.05) is 65.5 Å². The normalized spacial score (nSPS) is 19.8. The Hall–Kier alpha value is -2.16. The Kier molecular flexibility index (Phi) is 5.76. The number of anilines is 1. The number of amides is 1. The molecule has 8 heteroatoms. The Morgan fingerprint density at radius 3 is 2.83 bits per heavy atom. The molecule has 1 aromatic heterocycles. The molecule has 4 rings (SSSR count). The number of aromatic nitrogens is 2. The van der Waals surface area contributed by atoms with Crippen LogP contribution < -0.4 is 5.32 Å². The Bertz CT molecular complexity index is 875. The number of piperazine rings is 1. The molecule has 0 bridgehead atoms. The van der Waals surface area contributed by atoms with Crippen LogP contribution in [-0.2, 0) is 16.5 Å². The fourth-order valence-corrected chi connectivity index (χ4v) is 4.47. The molecule has 0 unspecified atom stereocenters. The van der Waals surface area contributed by atoms with Crippen LogP contribution in [0.5, 0.6) is 0 Å². The van der Waals surface area contributed by atoms with E-state index in [-0.39, 0.29) is 11.4 Å². The van der Waals surface area contributed by atoms with E-state index in [2.05, 4.69) is 22.2 Å². The van der Waals surface area contributed by atoms with Gasteiger partial charge in [0.1, 0.15) is 0 Å². The van der Waals surface area contributed by atoms with E-state index in [1.807, 2.05) is 34.7 Å². The van der Waals surface area contributed by atoms with Crippen LogP contribution in [0.3, 0.4) is 0 Å². The summed E-state index contributed by atoms with van der Waals surface area (Å²) in [5.74, 6) is 0.868. The van der Waals surface area contributed by atoms with E-state index in [4.69, 9.17) is 9.47 Å². The second-order valence-corrected chi connectivity index (χ2v) is 8.10. The van der Waals surface area contributed by atoms with Crippen molar-refractivity contribution < 1.29 is 14.3 Å². The summed E-state index contributed by atoms with van der Waals surface area (Å²) in [4.78, 5) is 22.4. The molecule has 0 saturated carbocycles. The zero-order chi connectivity index (χ0) is 20.4. The maximum atomic E-state index is 13.3. The van der Waals surface area contributed by atoms with E-state index >= 15 is 0 Å². The molecule has 1 spiro atoms. The van der Waals surface area contributed by atoms with Crippen LogP contribution in [0.4, 0.5) is 5.95 Å². The highest BCUT2D eigenvalue weighted by Gasteiger charge is 2.42. The lowest BCUT2D eigenvalue weighted by molar-refractivity contribution is -0.0543. The number of benzene rings is 1. The second-order valence-electron chi connectivity index (χ2n) is 8.10. The van der Waals surface area contributed by atoms with Gasteiger partial charge in [0.05, 0.1) is 17.6 Å². The molecule has 1 aromatic carbocycles. The molecule has 0 radical (unpaired) electrons. The lowest BCUT2D eigenvalue weighted by Crippen LogP contribution is -2.63. The first-order valence-electron chi connectivity index (χ1n) is 10.3. The molecule has 0 atom stereocenters. The Morgan fingerprint density at radius 1 is 1.28 bits per heavy atom. The maximum absolute atomic E-state index is 13.3. The van der Waals surface area contributed by atoms with Gasteiger partial charge in [0.2, 0.25) is 5.95 Å². The third kappa shape index (κ3) is 3.84. The van der Waals surface area contributed by atoms with Gasteiger partial charge < -0.3 is 24.3 Å². The van der Waals surface area contributed by atoms with Crippen LogP contribution in [-0.4, -0.2) is 91.0 Å². The van der Waals surface area contributed by atoms with Gasteiger partial charge in [-0.2, -0.15) is 0 Å². The highest BCUT2D eigenvalue weighted by Crippen LogP contribution is 2.31. The number of carbonyl (C=O) groups is 1. The average Bonchev–Trinajstić information content (AvgIpc) is 3.05. The first-order chi connectivity index (χ1) is 14.0. The van der Waals surface area contributed by atoms with Gasteiger partial charge in [-0.1, -0.05) is 0 Å². The molecule has 2 fully saturated rings. The standard InChI is InChI=1S/C21H31N5O3/c1-24-9-10-26(15-21(24)6-11-29-12-7-21)19(27)16-4-5-18-17(14-16)23-20(25(18)2)22-8-13-28-3/h4-5,14H,6-13,15H2,1-3H3,(H,22,23). The Morgan fingerprint density at radius 2 is 2.07 bits per heavy atom. The summed E-state index contributed by atoms with van der Waals surface area (Å²) in [5, 5.41) is 3.27. The minimum Gasteiger partial charge on any atom is -0.383 e. The van der Waals surface area contributed by atoms with Crippen LogP contribution in [0.1, 0.15) is 23.2 Å². The number of fused-ring (bicyclic) bond motifs is 1. The third-order valence-corrected chi connectivity index (χ3v) is 6.43. The number of nitrogens with zero attached hydrogens (tertiary/aromatic N) is 4. The molecule has 8 nitrogen and oxygen atoms in total. The number of rotatable bonds is 5. The van der Waals surface area contributed by atoms with Gasteiger partial charge in [-0.3, -0.25) is 9.69 Å². The molecule has 2 aromatic rings. The zero-order valence-corrected chi connectivity index (χ0v) is 17.6. The number of hydrogen-bond donors (Lipinski definition) is 1. The van der Waals surface area contributed by atoms with Gasteiger partial charge >= 0.3 is 0 Å². The van der Waals surface area contributed by atoms with Crippen molar-refractivity contribution in [1.29, 1.82) is 0 Å². The van der Waals surface area contributed by atoms with Crippen LogP contribution >= 0.6 is 0 Å². The number of aryl methyl sites for hydroxylation is 1. The summed E-state index contributed by atoms with van der Waals surface area (Å²) < 4.78 is 12.7. The van der Waals surface area contributed by atoms with E-state index in [1.165, 1.54) is 0 Å². The molecular formula is C21H31N5O3. The highest BCUT2D eigenvalue weighted by molar-refractivity contribution is 5.98. The molecular weight excluding hydrogens is 370 g/mol. The van der Waals surface area contributed by atoms with Crippen LogP contribution in [0, 0.1) is 0 Å². The summed E-state index contributed by atoms with van der Waals surface area (Å²) >= 11 is 0. The summed E-state index contributed by atoms with van der Waals surface area (Å²) in [6, 6.07) is 5.81. The van der Waals surface area contributed by atoms with Gasteiger partial charge in [0, 0.05) is 64.7 Å². The number of methoxy groups -OCH3 is 1. The largest absolute Gasteiger partial charge is 0.383 e. The van der Waals surface area contributed by atoms with E-state index < -0.39 is 0 Å². The minimum atomic E-state index is 0.0414. The third-order valence-electron chi connectivity index (χ3n) is 6.43. The number of carbonyl (C=O) groups excluding carboxylic acids is 1. The SMILES string of the molecule is COCCNc1nc2cc(C(=O)N3CCN(C)C4(CCOCC4)C3)ccc2n1C. The maximum Gasteiger partial charge on any atom is 0.254 e. The molecule has 2 saturated heterocycles. The summed E-state index contributed by atoms with van der Waals surface area (Å²) in [6.07, 6.45) is 1.95. The number of likely N-dealkylation sites (N-methyl/N-ethyl adjacent to an activating group) is 1. The van der Waals surface area contributed by atoms with Crippen LogP contribution in [0.25, 0.3) is 11.0 Å². The van der Waals surface area contributed by atoms with Gasteiger partial charge in [-0.25, -0.2) is 4.98 Å². The Labute approximate surface area is 171 Å². The summed E-state index contributed by atoms with van der Waals surface area (Å²) in [7, 11) is 5.82. The number of hydrogen-bond acceptors (Lipinski definition) is 6. The molecule has 2 aliphatic heterocycles. The molecule has 1 amide bonds. The number of ether oxygens (including phenoxy) is 2. The first kappa shape index (κ1) is 20.1. The van der Waals surface area contributed by atoms with Crippen molar-refractivity contribution in [2.24, 2.45) is 7.05 Å². The summed E-state index contributed by atoms with van der Waals surface area (Å²) in [6.45, 7) is 5.24. The van der Waals surface area contributed by atoms with Crippen LogP contribution in [0.2, 0.25) is 0 Å². The van der Waals surface area contributed by atoms with Crippen molar-refractivity contribution in [3.05, 3.63) is 23.8 Å². The van der Waals surface area contributed by atoms with Crippen LogP contribution in [0.15, 0.2) is 18.2 Å². The van der Waals surface area contributed by atoms with Crippen molar-refractivity contribution in [3.63, 3.8) is 0 Å².